The van der Waals surface area contributed by atoms with Crippen molar-refractivity contribution < 1.29 is 19.5 Å². The molecule has 0 saturated heterocycles. The molecule has 0 aliphatic rings. The number of carbonyl (C=O) groups is 3. The lowest BCUT2D eigenvalue weighted by molar-refractivity contribution is -0.137. The molecule has 6 nitrogen and oxygen atoms in total. The summed E-state index contributed by atoms with van der Waals surface area (Å²) in [5, 5.41) is 11.4. The number of aryl methyl sites for hydroxylation is 1. The van der Waals surface area contributed by atoms with Gasteiger partial charge in [0.05, 0.1) is 0 Å². The number of ketones is 1. The summed E-state index contributed by atoms with van der Waals surface area (Å²) in [6, 6.07) is 0. The second-order valence-corrected chi connectivity index (χ2v) is 5.70. The van der Waals surface area contributed by atoms with E-state index in [-0.39, 0.29) is 18.1 Å². The minimum absolute atomic E-state index is 0.0342. The number of rotatable bonds is 10. The summed E-state index contributed by atoms with van der Waals surface area (Å²) in [5.74, 6) is -0.996. The minimum atomic E-state index is -0.770. The predicted molar refractivity (Wildman–Crippen MR) is 88.0 cm³/mol. The van der Waals surface area contributed by atoms with Gasteiger partial charge in [-0.3, -0.25) is 14.4 Å². The number of nitrogens with one attached hydrogen (secondary N) is 2. The maximum Gasteiger partial charge on any atom is 0.303 e. The highest BCUT2D eigenvalue weighted by Crippen LogP contribution is 2.20. The Morgan fingerprint density at radius 2 is 1.78 bits per heavy atom. The molecular formula is C17H26N2O4. The van der Waals surface area contributed by atoms with E-state index in [1.165, 1.54) is 6.92 Å². The predicted octanol–water partition coefficient (Wildman–Crippen LogP) is 2.85. The smallest absolute Gasteiger partial charge is 0.303 e. The summed E-state index contributed by atoms with van der Waals surface area (Å²) in [6.45, 7) is 5.78. The van der Waals surface area contributed by atoms with Crippen LogP contribution in [0.1, 0.15) is 78.1 Å². The normalized spacial score (nSPS) is 10.6. The topological polar surface area (TPSA) is 99.3 Å². The number of H-pyrrole nitrogens is 1. The number of aliphatic carboxylic acids is 1. The van der Waals surface area contributed by atoms with Crippen LogP contribution in [0.5, 0.6) is 0 Å². The molecule has 23 heavy (non-hydrogen) atoms. The maximum absolute atomic E-state index is 12.3. The molecule has 0 saturated carbocycles. The van der Waals surface area contributed by atoms with Crippen molar-refractivity contribution in [2.45, 2.75) is 59.3 Å². The number of hydrogen-bond acceptors (Lipinski definition) is 3. The molecule has 0 bridgehead atoms. The lowest BCUT2D eigenvalue weighted by atomic mass is 10.0. The second kappa shape index (κ2) is 9.12. The van der Waals surface area contributed by atoms with Crippen molar-refractivity contribution in [3.63, 3.8) is 0 Å². The fraction of sp³-hybridized carbons (Fsp3) is 0.588. The number of amides is 1. The first-order valence-corrected chi connectivity index (χ1v) is 8.10. The molecule has 1 aromatic rings. The molecular weight excluding hydrogens is 296 g/mol. The summed E-state index contributed by atoms with van der Waals surface area (Å²) >= 11 is 0. The van der Waals surface area contributed by atoms with Crippen LogP contribution in [0.2, 0.25) is 0 Å². The molecule has 0 fully saturated rings. The monoisotopic (exact) mass is 322 g/mol. The number of carboxylic acids is 1. The Bertz CT molecular complexity index is 575. The van der Waals surface area contributed by atoms with Crippen LogP contribution >= 0.6 is 0 Å². The van der Waals surface area contributed by atoms with Gasteiger partial charge in [0, 0.05) is 24.2 Å². The van der Waals surface area contributed by atoms with Crippen molar-refractivity contribution in [3.05, 3.63) is 22.5 Å². The number of unbranched alkanes of at least 4 members (excludes halogenated alkanes) is 3. The van der Waals surface area contributed by atoms with Crippen LogP contribution in [-0.4, -0.2) is 34.3 Å². The van der Waals surface area contributed by atoms with Gasteiger partial charge in [0.15, 0.2) is 5.78 Å². The number of aromatic nitrogens is 1. The Morgan fingerprint density at radius 3 is 2.35 bits per heavy atom. The third-order valence-electron chi connectivity index (χ3n) is 3.83. The van der Waals surface area contributed by atoms with E-state index in [4.69, 9.17) is 5.11 Å². The van der Waals surface area contributed by atoms with E-state index < -0.39 is 5.97 Å². The van der Waals surface area contributed by atoms with Crippen LogP contribution < -0.4 is 5.32 Å². The van der Waals surface area contributed by atoms with E-state index in [1.807, 2.05) is 6.92 Å². The Morgan fingerprint density at radius 1 is 1.13 bits per heavy atom. The van der Waals surface area contributed by atoms with Crippen LogP contribution in [0.25, 0.3) is 0 Å². The van der Waals surface area contributed by atoms with Crippen LogP contribution in [0.4, 0.5) is 0 Å². The average Bonchev–Trinajstić information content (AvgIpc) is 2.82. The van der Waals surface area contributed by atoms with E-state index in [0.29, 0.717) is 30.6 Å². The zero-order chi connectivity index (χ0) is 17.4. The number of aromatic amines is 1. The molecule has 0 radical (unpaired) electrons. The molecule has 3 N–H and O–H groups in total. The second-order valence-electron chi connectivity index (χ2n) is 5.70. The highest BCUT2D eigenvalue weighted by atomic mass is 16.4. The quantitative estimate of drug-likeness (QED) is 0.455. The first-order valence-electron chi connectivity index (χ1n) is 8.10. The number of carbonyl (C=O) groups excluding carboxylic acids is 2. The third kappa shape index (κ3) is 5.54. The Kier molecular flexibility index (Phi) is 7.51. The zero-order valence-corrected chi connectivity index (χ0v) is 14.1. The van der Waals surface area contributed by atoms with Crippen LogP contribution in [0.3, 0.4) is 0 Å². The maximum atomic E-state index is 12.3. The van der Waals surface area contributed by atoms with E-state index in [0.717, 1.165) is 30.5 Å². The molecule has 1 amide bonds. The summed E-state index contributed by atoms with van der Waals surface area (Å²) in [6.07, 6.45) is 4.03. The van der Waals surface area contributed by atoms with Gasteiger partial charge in [-0.05, 0) is 38.7 Å². The summed E-state index contributed by atoms with van der Waals surface area (Å²) in [7, 11) is 0. The highest BCUT2D eigenvalue weighted by Gasteiger charge is 2.21. The van der Waals surface area contributed by atoms with Gasteiger partial charge >= 0.3 is 5.97 Å². The Hall–Kier alpha value is -2.11. The van der Waals surface area contributed by atoms with Crippen molar-refractivity contribution >= 4 is 17.7 Å². The SMILES string of the molecule is CCc1c(C(=O)NCCCCCCC(=O)O)[nH]c(C)c1C(C)=O. The number of hydrogen-bond donors (Lipinski definition) is 3. The van der Waals surface area contributed by atoms with Crippen LogP contribution in [0.15, 0.2) is 0 Å². The molecule has 1 aromatic heterocycles. The largest absolute Gasteiger partial charge is 0.481 e. The van der Waals surface area contributed by atoms with Crippen molar-refractivity contribution in [2.75, 3.05) is 6.54 Å². The first-order chi connectivity index (χ1) is 10.9. The van der Waals surface area contributed by atoms with Gasteiger partial charge in [-0.1, -0.05) is 19.8 Å². The lowest BCUT2D eigenvalue weighted by Gasteiger charge is -2.06. The van der Waals surface area contributed by atoms with E-state index >= 15 is 0 Å². The van der Waals surface area contributed by atoms with E-state index in [2.05, 4.69) is 10.3 Å². The first kappa shape index (κ1) is 18.9. The Labute approximate surface area is 136 Å². The molecule has 0 spiro atoms. The van der Waals surface area contributed by atoms with Gasteiger partial charge in [-0.15, -0.1) is 0 Å². The average molecular weight is 322 g/mol. The molecule has 1 rings (SSSR count). The van der Waals surface area contributed by atoms with Gasteiger partial charge < -0.3 is 15.4 Å². The minimum Gasteiger partial charge on any atom is -0.481 e. The van der Waals surface area contributed by atoms with Gasteiger partial charge in [-0.25, -0.2) is 0 Å². The third-order valence-corrected chi connectivity index (χ3v) is 3.83. The van der Waals surface area contributed by atoms with Gasteiger partial charge in [-0.2, -0.15) is 0 Å². The van der Waals surface area contributed by atoms with Crippen LogP contribution in [-0.2, 0) is 11.2 Å². The van der Waals surface area contributed by atoms with Crippen molar-refractivity contribution in [2.24, 2.45) is 0 Å². The fourth-order valence-electron chi connectivity index (χ4n) is 2.75. The molecule has 0 aromatic carbocycles. The fourth-order valence-corrected chi connectivity index (χ4v) is 2.75. The molecule has 128 valence electrons. The summed E-state index contributed by atoms with van der Waals surface area (Å²) < 4.78 is 0. The molecule has 0 unspecified atom stereocenters. The lowest BCUT2D eigenvalue weighted by Crippen LogP contribution is -2.25. The Balaban J connectivity index is 2.48. The van der Waals surface area contributed by atoms with Gasteiger partial charge in [0.1, 0.15) is 5.69 Å². The highest BCUT2D eigenvalue weighted by molar-refractivity contribution is 6.02. The van der Waals surface area contributed by atoms with Gasteiger partial charge in [0.2, 0.25) is 0 Å². The standard InChI is InChI=1S/C17H26N2O4/c1-4-13-15(12(3)20)11(2)19-16(13)17(23)18-10-8-6-5-7-9-14(21)22/h19H,4-10H2,1-3H3,(H,18,23)(H,21,22). The molecule has 0 aliphatic heterocycles. The number of carboxylic acid groups (broad SMARTS) is 1. The van der Waals surface area contributed by atoms with Crippen molar-refractivity contribution in [1.29, 1.82) is 0 Å². The van der Waals surface area contributed by atoms with Crippen molar-refractivity contribution in [1.82, 2.24) is 10.3 Å². The van der Waals surface area contributed by atoms with Crippen LogP contribution in [0, 0.1) is 6.92 Å². The molecule has 6 heteroatoms. The number of Topliss-reactive ketones (excluding diaryl/α,β-unsaturated/α-hetero) is 1. The summed E-state index contributed by atoms with van der Waals surface area (Å²) in [4.78, 5) is 37.4. The molecule has 1 heterocycles. The zero-order valence-electron chi connectivity index (χ0n) is 14.1. The van der Waals surface area contributed by atoms with Crippen molar-refractivity contribution in [3.8, 4) is 0 Å². The van der Waals surface area contributed by atoms with E-state index in [9.17, 15) is 14.4 Å². The molecule has 0 aliphatic carbocycles. The summed E-state index contributed by atoms with van der Waals surface area (Å²) in [5.41, 5.74) is 2.59. The molecule has 0 atom stereocenters. The van der Waals surface area contributed by atoms with Gasteiger partial charge in [0.25, 0.3) is 5.91 Å². The van der Waals surface area contributed by atoms with E-state index in [1.54, 1.807) is 6.92 Å².